The van der Waals surface area contributed by atoms with Crippen molar-refractivity contribution in [3.8, 4) is 0 Å². The molecule has 0 saturated carbocycles. The van der Waals surface area contributed by atoms with E-state index in [0.717, 1.165) is 36.3 Å². The van der Waals surface area contributed by atoms with Gasteiger partial charge in [-0.2, -0.15) is 0 Å². The molecule has 0 aliphatic carbocycles. The van der Waals surface area contributed by atoms with Crippen molar-refractivity contribution < 1.29 is 9.59 Å². The van der Waals surface area contributed by atoms with Crippen LogP contribution in [0.4, 0.5) is 5.69 Å². The van der Waals surface area contributed by atoms with Crippen LogP contribution in [0, 0.1) is 0 Å². The standard InChI is InChI=1S/C26H27N5O2/c32-25(14-21-8-3-4-13-28-21)29-16-22-10-11-23-18-31(26(33)19-7-5-12-27-15-19)24-9-2-1-6-20(24)17-30(22)23/h1-9,12-13,15,22-23H,10-11,14,16-18H2,(H,29,32). The number of anilines is 1. The summed E-state index contributed by atoms with van der Waals surface area (Å²) in [5, 5.41) is 3.10. The molecule has 2 unspecified atom stereocenters. The fourth-order valence-corrected chi connectivity index (χ4v) is 4.90. The van der Waals surface area contributed by atoms with Gasteiger partial charge in [0.25, 0.3) is 5.91 Å². The van der Waals surface area contributed by atoms with Gasteiger partial charge in [-0.05, 0) is 48.7 Å². The summed E-state index contributed by atoms with van der Waals surface area (Å²) in [5.74, 6) is -0.0368. The molecule has 5 rings (SSSR count). The second-order valence-electron chi connectivity index (χ2n) is 8.65. The van der Waals surface area contributed by atoms with E-state index in [1.165, 1.54) is 0 Å². The van der Waals surface area contributed by atoms with Crippen LogP contribution in [0.5, 0.6) is 0 Å². The van der Waals surface area contributed by atoms with E-state index < -0.39 is 0 Å². The van der Waals surface area contributed by atoms with E-state index in [1.54, 1.807) is 24.7 Å². The molecular weight excluding hydrogens is 414 g/mol. The summed E-state index contributed by atoms with van der Waals surface area (Å²) < 4.78 is 0. The fourth-order valence-electron chi connectivity index (χ4n) is 4.90. The monoisotopic (exact) mass is 441 g/mol. The van der Waals surface area contributed by atoms with Crippen LogP contribution in [-0.4, -0.2) is 51.9 Å². The van der Waals surface area contributed by atoms with Gasteiger partial charge in [0.1, 0.15) is 0 Å². The van der Waals surface area contributed by atoms with Gasteiger partial charge in [-0.3, -0.25) is 24.5 Å². The lowest BCUT2D eigenvalue weighted by molar-refractivity contribution is -0.120. The van der Waals surface area contributed by atoms with Crippen LogP contribution >= 0.6 is 0 Å². The molecule has 1 fully saturated rings. The van der Waals surface area contributed by atoms with E-state index in [4.69, 9.17) is 0 Å². The van der Waals surface area contributed by atoms with Crippen molar-refractivity contribution in [2.45, 2.75) is 37.9 Å². The highest BCUT2D eigenvalue weighted by atomic mass is 16.2. The number of rotatable bonds is 5. The van der Waals surface area contributed by atoms with E-state index >= 15 is 0 Å². The van der Waals surface area contributed by atoms with Crippen LogP contribution in [0.25, 0.3) is 0 Å². The normalized spacial score (nSPS) is 19.9. The molecule has 2 aliphatic rings. The van der Waals surface area contributed by atoms with Crippen LogP contribution in [0.1, 0.15) is 34.5 Å². The molecule has 0 radical (unpaired) electrons. The van der Waals surface area contributed by atoms with E-state index in [1.807, 2.05) is 47.4 Å². The van der Waals surface area contributed by atoms with Gasteiger partial charge in [0.15, 0.2) is 0 Å². The minimum atomic E-state index is -0.0236. The molecule has 7 nitrogen and oxygen atoms in total. The average molecular weight is 442 g/mol. The fraction of sp³-hybridized carbons (Fsp3) is 0.308. The van der Waals surface area contributed by atoms with Crippen molar-refractivity contribution in [1.82, 2.24) is 20.2 Å². The number of benzene rings is 1. The largest absolute Gasteiger partial charge is 0.354 e. The highest BCUT2D eigenvalue weighted by molar-refractivity contribution is 6.06. The number of para-hydroxylation sites is 1. The number of hydrogen-bond acceptors (Lipinski definition) is 5. The number of hydrogen-bond donors (Lipinski definition) is 1. The number of carbonyl (C=O) groups excluding carboxylic acids is 2. The maximum absolute atomic E-state index is 13.4. The highest BCUT2D eigenvalue weighted by Crippen LogP contribution is 2.35. The molecule has 4 heterocycles. The molecule has 1 aromatic carbocycles. The first-order valence-corrected chi connectivity index (χ1v) is 11.4. The summed E-state index contributed by atoms with van der Waals surface area (Å²) in [6, 6.07) is 17.8. The summed E-state index contributed by atoms with van der Waals surface area (Å²) in [6.45, 7) is 1.99. The van der Waals surface area contributed by atoms with Crippen molar-refractivity contribution in [3.63, 3.8) is 0 Å². The predicted octanol–water partition coefficient (Wildman–Crippen LogP) is 2.83. The predicted molar refractivity (Wildman–Crippen MR) is 126 cm³/mol. The van der Waals surface area contributed by atoms with Gasteiger partial charge >= 0.3 is 0 Å². The molecule has 1 saturated heterocycles. The van der Waals surface area contributed by atoms with Crippen LogP contribution in [0.15, 0.2) is 73.2 Å². The van der Waals surface area contributed by atoms with Gasteiger partial charge in [0, 0.05) is 61.7 Å². The zero-order valence-electron chi connectivity index (χ0n) is 18.4. The van der Waals surface area contributed by atoms with Crippen LogP contribution in [0.2, 0.25) is 0 Å². The molecule has 2 aromatic heterocycles. The molecule has 3 aromatic rings. The number of nitrogens with zero attached hydrogens (tertiary/aromatic N) is 4. The van der Waals surface area contributed by atoms with Gasteiger partial charge in [-0.15, -0.1) is 0 Å². The first-order valence-electron chi connectivity index (χ1n) is 11.4. The van der Waals surface area contributed by atoms with Crippen LogP contribution in [-0.2, 0) is 17.8 Å². The Bertz CT molecular complexity index is 1120. The van der Waals surface area contributed by atoms with Gasteiger partial charge in [0.05, 0.1) is 12.0 Å². The smallest absolute Gasteiger partial charge is 0.259 e. The Kier molecular flexibility index (Phi) is 6.13. The second-order valence-corrected chi connectivity index (χ2v) is 8.65. The Morgan fingerprint density at radius 1 is 1.00 bits per heavy atom. The summed E-state index contributed by atoms with van der Waals surface area (Å²) in [4.78, 5) is 38.6. The molecule has 2 aliphatic heterocycles. The third kappa shape index (κ3) is 4.64. The molecule has 33 heavy (non-hydrogen) atoms. The highest BCUT2D eigenvalue weighted by Gasteiger charge is 2.39. The Hall–Kier alpha value is -3.58. The Morgan fingerprint density at radius 3 is 2.70 bits per heavy atom. The summed E-state index contributed by atoms with van der Waals surface area (Å²) in [5.41, 5.74) is 3.45. The SMILES string of the molecule is O=C(Cc1ccccn1)NCC1CCC2CN(C(=O)c3cccnc3)c3ccccc3CN12. The number of carbonyl (C=O) groups is 2. The van der Waals surface area contributed by atoms with Crippen molar-refractivity contribution in [2.24, 2.45) is 0 Å². The molecule has 7 heteroatoms. The lowest BCUT2D eigenvalue weighted by atomic mass is 10.1. The van der Waals surface area contributed by atoms with Gasteiger partial charge in [-0.25, -0.2) is 0 Å². The summed E-state index contributed by atoms with van der Waals surface area (Å²) in [6.07, 6.45) is 7.28. The maximum Gasteiger partial charge on any atom is 0.259 e. The zero-order valence-corrected chi connectivity index (χ0v) is 18.4. The molecule has 1 N–H and O–H groups in total. The Labute approximate surface area is 193 Å². The lowest BCUT2D eigenvalue weighted by Crippen LogP contribution is -2.46. The summed E-state index contributed by atoms with van der Waals surface area (Å²) in [7, 11) is 0. The maximum atomic E-state index is 13.4. The first kappa shape index (κ1) is 21.3. The van der Waals surface area contributed by atoms with E-state index in [-0.39, 0.29) is 30.3 Å². The molecular formula is C26H27N5O2. The lowest BCUT2D eigenvalue weighted by Gasteiger charge is -2.29. The van der Waals surface area contributed by atoms with E-state index in [2.05, 4.69) is 26.3 Å². The molecule has 168 valence electrons. The van der Waals surface area contributed by atoms with Crippen molar-refractivity contribution in [3.05, 3.63) is 90.0 Å². The van der Waals surface area contributed by atoms with Gasteiger partial charge < -0.3 is 10.2 Å². The summed E-state index contributed by atoms with van der Waals surface area (Å²) >= 11 is 0. The molecule has 0 spiro atoms. The number of pyridine rings is 2. The van der Waals surface area contributed by atoms with E-state index in [0.29, 0.717) is 18.7 Å². The Balaban J connectivity index is 1.31. The van der Waals surface area contributed by atoms with Crippen molar-refractivity contribution in [2.75, 3.05) is 18.0 Å². The quantitative estimate of drug-likeness (QED) is 0.659. The number of amides is 2. The second kappa shape index (κ2) is 9.50. The Morgan fingerprint density at radius 2 is 1.88 bits per heavy atom. The third-order valence-corrected chi connectivity index (χ3v) is 6.56. The number of aromatic nitrogens is 2. The third-order valence-electron chi connectivity index (χ3n) is 6.56. The van der Waals surface area contributed by atoms with Gasteiger partial charge in [-0.1, -0.05) is 24.3 Å². The number of fused-ring (bicyclic) bond motifs is 2. The van der Waals surface area contributed by atoms with Crippen LogP contribution < -0.4 is 10.2 Å². The molecule has 2 amide bonds. The first-order chi connectivity index (χ1) is 16.2. The minimum Gasteiger partial charge on any atom is -0.354 e. The molecule has 2 atom stereocenters. The number of nitrogens with one attached hydrogen (secondary N) is 1. The van der Waals surface area contributed by atoms with Gasteiger partial charge in [0.2, 0.25) is 5.91 Å². The zero-order chi connectivity index (χ0) is 22.6. The van der Waals surface area contributed by atoms with E-state index in [9.17, 15) is 9.59 Å². The van der Waals surface area contributed by atoms with Crippen molar-refractivity contribution >= 4 is 17.5 Å². The van der Waals surface area contributed by atoms with Crippen molar-refractivity contribution in [1.29, 1.82) is 0 Å². The minimum absolute atomic E-state index is 0.0132. The molecule has 0 bridgehead atoms. The van der Waals surface area contributed by atoms with Crippen LogP contribution in [0.3, 0.4) is 0 Å². The average Bonchev–Trinajstić information content (AvgIpc) is 3.15. The topological polar surface area (TPSA) is 78.4 Å².